The second kappa shape index (κ2) is 9.45. The third-order valence-electron chi connectivity index (χ3n) is 3.66. The molecule has 0 aromatic rings. The van der Waals surface area contributed by atoms with Crippen LogP contribution in [0.15, 0.2) is 0 Å². The highest BCUT2D eigenvalue weighted by Gasteiger charge is 2.58. The molecule has 1 rings (SSSR count). The molecule has 0 unspecified atom stereocenters. The van der Waals surface area contributed by atoms with Crippen molar-refractivity contribution in [1.29, 1.82) is 0 Å². The fourth-order valence-electron chi connectivity index (χ4n) is 2.70. The summed E-state index contributed by atoms with van der Waals surface area (Å²) in [5.74, 6) is 0.790. The summed E-state index contributed by atoms with van der Waals surface area (Å²) in [4.78, 5) is 0. The third-order valence-corrected chi connectivity index (χ3v) is 5.00. The van der Waals surface area contributed by atoms with Gasteiger partial charge < -0.3 is 22.2 Å². The predicted octanol–water partition coefficient (Wildman–Crippen LogP) is 3.90. The quantitative estimate of drug-likeness (QED) is 0.281. The fourth-order valence-corrected chi connectivity index (χ4v) is 3.00. The first-order chi connectivity index (χ1) is 11.2. The lowest BCUT2D eigenvalue weighted by molar-refractivity contribution is -0.937. The molecule has 0 atom stereocenters. The fraction of sp³-hybridized carbons (Fsp3) is 1.00. The van der Waals surface area contributed by atoms with Crippen molar-refractivity contribution in [2.24, 2.45) is 5.92 Å². The molecule has 152 valence electrons. The molecule has 0 amide bonds. The highest BCUT2D eigenvalue weighted by Crippen LogP contribution is 2.33. The van der Waals surface area contributed by atoms with Gasteiger partial charge in [0.2, 0.25) is 9.69 Å². The van der Waals surface area contributed by atoms with Crippen LogP contribution in [0.2, 0.25) is 0 Å². The second-order valence-corrected chi connectivity index (χ2v) is 8.70. The van der Waals surface area contributed by atoms with Gasteiger partial charge in [-0.25, -0.2) is 0 Å². The maximum atomic E-state index is 11.1. The van der Waals surface area contributed by atoms with E-state index >= 15 is 0 Å². The Morgan fingerprint density at radius 2 is 1.60 bits per heavy atom. The van der Waals surface area contributed by atoms with Gasteiger partial charge in [-0.3, -0.25) is 8.42 Å². The summed E-state index contributed by atoms with van der Waals surface area (Å²) in [5, 5.41) is 0. The third kappa shape index (κ3) is 7.73. The number of likely N-dealkylation sites (tertiary alicyclic amines) is 1. The Hall–Kier alpha value is -0.485. The van der Waals surface area contributed by atoms with Crippen molar-refractivity contribution in [3.8, 4) is 0 Å². The standard InChI is InChI=1S/C12H26NO.CBF6O2S/c1-4-9-14-11-13(10-12(2)3)7-5-6-8-13;3-1(4,5)11(9,10)2(6,7)8/h12H,4-11H2,1-3H3;/q+1;-1. The molecule has 4 nitrogen and oxygen atoms in total. The van der Waals surface area contributed by atoms with E-state index in [1.54, 1.807) is 0 Å². The van der Waals surface area contributed by atoms with E-state index in [0.717, 1.165) is 25.7 Å². The van der Waals surface area contributed by atoms with E-state index in [1.165, 1.54) is 37.0 Å². The molecule has 12 heteroatoms. The molecule has 0 saturated carbocycles. The summed E-state index contributed by atoms with van der Waals surface area (Å²) in [6, 6.07) is 0. The zero-order chi connectivity index (χ0) is 19.9. The maximum Gasteiger partial charge on any atom is 0.616 e. The highest BCUT2D eigenvalue weighted by molar-refractivity contribution is 8.20. The van der Waals surface area contributed by atoms with Gasteiger partial charge in [0.15, 0.2) is 6.73 Å². The molecule has 0 aromatic heterocycles. The zero-order valence-corrected chi connectivity index (χ0v) is 15.5. The van der Waals surface area contributed by atoms with E-state index in [9.17, 15) is 34.5 Å². The molecule has 1 aliphatic rings. The number of halogens is 6. The van der Waals surface area contributed by atoms with Crippen molar-refractivity contribution in [3.63, 3.8) is 0 Å². The van der Waals surface area contributed by atoms with Crippen LogP contribution < -0.4 is 0 Å². The normalized spacial score (nSPS) is 18.2. The minimum atomic E-state index is -6.95. The molecular formula is C13H26BF6NO3S. The Labute approximate surface area is 145 Å². The molecule has 0 aliphatic carbocycles. The average molecular weight is 401 g/mol. The first kappa shape index (κ1) is 24.5. The van der Waals surface area contributed by atoms with E-state index in [0.29, 0.717) is 0 Å². The molecule has 1 fully saturated rings. The molecule has 0 bridgehead atoms. The summed E-state index contributed by atoms with van der Waals surface area (Å²) in [6.07, 6.45) is -2.98. The molecule has 0 radical (unpaired) electrons. The number of rotatable bonds is 7. The van der Waals surface area contributed by atoms with Crippen molar-refractivity contribution in [1.82, 2.24) is 0 Å². The van der Waals surface area contributed by atoms with Crippen molar-refractivity contribution in [3.05, 3.63) is 0 Å². The summed E-state index contributed by atoms with van der Waals surface area (Å²) in [5.41, 5.74) is -6.24. The van der Waals surface area contributed by atoms with Crippen molar-refractivity contribution in [2.75, 3.05) is 33.0 Å². The number of hydrogen-bond donors (Lipinski definition) is 0. The van der Waals surface area contributed by atoms with Gasteiger partial charge in [-0.05, 0) is 6.42 Å². The first-order valence-corrected chi connectivity index (χ1v) is 9.65. The molecule has 0 spiro atoms. The van der Waals surface area contributed by atoms with E-state index in [1.807, 2.05) is 0 Å². The monoisotopic (exact) mass is 401 g/mol. The summed E-state index contributed by atoms with van der Waals surface area (Å²) in [7, 11) is -6.95. The van der Waals surface area contributed by atoms with E-state index in [2.05, 4.69) is 20.8 Å². The van der Waals surface area contributed by atoms with Gasteiger partial charge >= 0.3 is 11.8 Å². The molecule has 0 N–H and O–H groups in total. The van der Waals surface area contributed by atoms with Gasteiger partial charge in [-0.15, -0.1) is 0 Å². The molecule has 1 heterocycles. The minimum absolute atomic E-state index is 0.790. The summed E-state index contributed by atoms with van der Waals surface area (Å²) < 4.78 is 92.2. The van der Waals surface area contributed by atoms with Gasteiger partial charge in [0.25, 0.3) is 0 Å². The Balaban J connectivity index is 0.000000477. The van der Waals surface area contributed by atoms with E-state index in [-0.39, 0.29) is 0 Å². The minimum Gasteiger partial charge on any atom is -0.436 e. The first-order valence-electron chi connectivity index (χ1n) is 8.11. The Bertz CT molecular complexity index is 467. The maximum absolute atomic E-state index is 11.1. The largest absolute Gasteiger partial charge is 0.616 e. The van der Waals surface area contributed by atoms with E-state index < -0.39 is 21.5 Å². The predicted molar refractivity (Wildman–Crippen MR) is 84.1 cm³/mol. The highest BCUT2D eigenvalue weighted by atomic mass is 32.2. The molecule has 1 saturated heterocycles. The van der Waals surface area contributed by atoms with E-state index in [4.69, 9.17) is 4.74 Å². The van der Waals surface area contributed by atoms with Crippen LogP contribution in [0.3, 0.4) is 0 Å². The Morgan fingerprint density at radius 3 is 1.88 bits per heavy atom. The molecule has 25 heavy (non-hydrogen) atoms. The summed E-state index contributed by atoms with van der Waals surface area (Å²) in [6.45, 7) is 12.7. The lowest BCUT2D eigenvalue weighted by Gasteiger charge is -2.35. The van der Waals surface area contributed by atoms with Crippen LogP contribution >= 0.6 is 0 Å². The van der Waals surface area contributed by atoms with Crippen LogP contribution in [0.4, 0.5) is 26.1 Å². The van der Waals surface area contributed by atoms with Crippen LogP contribution in [0.1, 0.15) is 40.0 Å². The van der Waals surface area contributed by atoms with Crippen LogP contribution in [-0.2, 0) is 14.4 Å². The Morgan fingerprint density at radius 1 is 1.12 bits per heavy atom. The van der Waals surface area contributed by atoms with Crippen LogP contribution in [0.25, 0.3) is 0 Å². The van der Waals surface area contributed by atoms with Crippen molar-refractivity contribution in [2.45, 2.75) is 45.5 Å². The van der Waals surface area contributed by atoms with Gasteiger partial charge in [-0.2, -0.15) is 13.2 Å². The van der Waals surface area contributed by atoms with Crippen LogP contribution in [-0.4, -0.2) is 57.6 Å². The smallest absolute Gasteiger partial charge is 0.436 e. The molecular weight excluding hydrogens is 375 g/mol. The van der Waals surface area contributed by atoms with Crippen LogP contribution in [0, 0.1) is 5.92 Å². The Kier molecular flexibility index (Phi) is 9.27. The number of nitrogens with zero attached hydrogens (tertiary/aromatic N) is 1. The zero-order valence-electron chi connectivity index (χ0n) is 14.7. The topological polar surface area (TPSA) is 43.4 Å². The summed E-state index contributed by atoms with van der Waals surface area (Å²) >= 11 is 0. The van der Waals surface area contributed by atoms with Crippen molar-refractivity contribution < 1.29 is 43.8 Å². The van der Waals surface area contributed by atoms with Crippen molar-refractivity contribution >= 4 is 15.9 Å². The average Bonchev–Trinajstić information content (AvgIpc) is 2.85. The van der Waals surface area contributed by atoms with Gasteiger partial charge in [-0.1, -0.05) is 20.8 Å². The SMILES string of the molecule is CCCOC[N+]1(CC(C)C)CCCC1.O=S(=O)([B-](F)(F)F)C(F)(F)F. The van der Waals surface area contributed by atoms with Crippen LogP contribution in [0.5, 0.6) is 0 Å². The number of hydrogen-bond acceptors (Lipinski definition) is 3. The second-order valence-electron chi connectivity index (χ2n) is 6.62. The van der Waals surface area contributed by atoms with Gasteiger partial charge in [0.1, 0.15) is 0 Å². The number of ether oxygens (including phenoxy) is 1. The van der Waals surface area contributed by atoms with Gasteiger partial charge in [0.05, 0.1) is 26.2 Å². The molecule has 0 aromatic carbocycles. The lowest BCUT2D eigenvalue weighted by atomic mass is 10.2. The lowest BCUT2D eigenvalue weighted by Crippen LogP contribution is -2.49. The number of quaternary nitrogens is 1. The van der Waals surface area contributed by atoms with Gasteiger partial charge in [0, 0.05) is 18.8 Å². The number of alkyl halides is 3. The molecule has 1 aliphatic heterocycles.